The lowest BCUT2D eigenvalue weighted by molar-refractivity contribution is -0.159. The summed E-state index contributed by atoms with van der Waals surface area (Å²) < 4.78 is 43.4. The maximum Gasteiger partial charge on any atom is 0.471 e. The normalized spacial score (nSPS) is 11.9. The third kappa shape index (κ3) is 3.18. The van der Waals surface area contributed by atoms with E-state index in [1.807, 2.05) is 19.0 Å². The summed E-state index contributed by atoms with van der Waals surface area (Å²) in [5, 5.41) is 7.49. The van der Waals surface area contributed by atoms with Crippen LogP contribution < -0.4 is 4.90 Å². The molecule has 0 amide bonds. The second kappa shape index (κ2) is 5.65. The SMILES string of the molecule is CN(C)c1ncnn1Cc1ccc(-c2noc(C(F)(F)F)n2)s1. The Kier molecular flexibility index (Phi) is 3.80. The van der Waals surface area contributed by atoms with Crippen molar-refractivity contribution in [1.29, 1.82) is 0 Å². The van der Waals surface area contributed by atoms with Gasteiger partial charge in [0, 0.05) is 19.0 Å². The summed E-state index contributed by atoms with van der Waals surface area (Å²) in [6.07, 6.45) is -3.20. The van der Waals surface area contributed by atoms with Crippen LogP contribution >= 0.6 is 11.3 Å². The van der Waals surface area contributed by atoms with Crippen molar-refractivity contribution >= 4 is 17.3 Å². The lowest BCUT2D eigenvalue weighted by Crippen LogP contribution is -2.16. The van der Waals surface area contributed by atoms with Gasteiger partial charge in [0.25, 0.3) is 0 Å². The Bertz CT molecular complexity index is 806. The molecule has 0 atom stereocenters. The molecule has 7 nitrogen and oxygen atoms in total. The molecule has 0 unspecified atom stereocenters. The molecule has 3 aromatic rings. The first-order chi connectivity index (χ1) is 10.8. The third-order valence-corrected chi connectivity index (χ3v) is 3.92. The van der Waals surface area contributed by atoms with Gasteiger partial charge in [-0.05, 0) is 12.1 Å². The van der Waals surface area contributed by atoms with Gasteiger partial charge in [0.1, 0.15) is 6.33 Å². The molecule has 11 heteroatoms. The molecule has 0 saturated heterocycles. The number of thiophene rings is 1. The topological polar surface area (TPSA) is 72.9 Å². The molecule has 0 radical (unpaired) electrons. The second-order valence-electron chi connectivity index (χ2n) is 4.80. The summed E-state index contributed by atoms with van der Waals surface area (Å²) >= 11 is 1.27. The van der Waals surface area contributed by atoms with E-state index in [2.05, 4.69) is 24.7 Å². The third-order valence-electron chi connectivity index (χ3n) is 2.85. The molecule has 0 aliphatic heterocycles. The smallest absolute Gasteiger partial charge is 0.347 e. The number of aromatic nitrogens is 5. The fourth-order valence-corrected chi connectivity index (χ4v) is 2.80. The highest BCUT2D eigenvalue weighted by molar-refractivity contribution is 7.15. The number of anilines is 1. The van der Waals surface area contributed by atoms with Crippen molar-refractivity contribution in [3.63, 3.8) is 0 Å². The molecule has 23 heavy (non-hydrogen) atoms. The van der Waals surface area contributed by atoms with Crippen molar-refractivity contribution < 1.29 is 17.7 Å². The molecule has 0 spiro atoms. The van der Waals surface area contributed by atoms with Crippen LogP contribution in [-0.4, -0.2) is 39.0 Å². The maximum atomic E-state index is 12.5. The van der Waals surface area contributed by atoms with Crippen LogP contribution in [0.15, 0.2) is 23.0 Å². The lowest BCUT2D eigenvalue weighted by Gasteiger charge is -2.11. The van der Waals surface area contributed by atoms with Gasteiger partial charge in [-0.2, -0.15) is 28.2 Å². The molecular formula is C12H11F3N6OS. The van der Waals surface area contributed by atoms with Gasteiger partial charge in [0.2, 0.25) is 11.8 Å². The number of halogens is 3. The van der Waals surface area contributed by atoms with Gasteiger partial charge in [-0.15, -0.1) is 11.3 Å². The van der Waals surface area contributed by atoms with E-state index in [0.29, 0.717) is 17.4 Å². The van der Waals surface area contributed by atoms with E-state index in [1.54, 1.807) is 16.8 Å². The van der Waals surface area contributed by atoms with E-state index in [1.165, 1.54) is 17.7 Å². The number of nitrogens with zero attached hydrogens (tertiary/aromatic N) is 6. The summed E-state index contributed by atoms with van der Waals surface area (Å²) in [6.45, 7) is 0.447. The molecular weight excluding hydrogens is 333 g/mol. The number of hydrogen-bond acceptors (Lipinski definition) is 7. The molecule has 0 N–H and O–H groups in total. The van der Waals surface area contributed by atoms with Gasteiger partial charge >= 0.3 is 12.1 Å². The van der Waals surface area contributed by atoms with Crippen LogP contribution in [0.5, 0.6) is 0 Å². The summed E-state index contributed by atoms with van der Waals surface area (Å²) in [6, 6.07) is 3.43. The van der Waals surface area contributed by atoms with Gasteiger partial charge in [0.15, 0.2) is 0 Å². The first-order valence-corrected chi connectivity index (χ1v) is 7.21. The van der Waals surface area contributed by atoms with Gasteiger partial charge in [-0.3, -0.25) is 0 Å². The summed E-state index contributed by atoms with van der Waals surface area (Å²) in [4.78, 5) is 10.7. The van der Waals surface area contributed by atoms with Crippen LogP contribution in [0.3, 0.4) is 0 Å². The standard InChI is InChI=1S/C12H11F3N6OS/c1-20(2)11-16-6-17-21(11)5-7-3-4-8(23-7)9-18-10(22-19-9)12(13,14)15/h3-4,6H,5H2,1-2H3. The first-order valence-electron chi connectivity index (χ1n) is 6.39. The summed E-state index contributed by atoms with van der Waals surface area (Å²) in [5.41, 5.74) is 0. The average molecular weight is 344 g/mol. The Hall–Kier alpha value is -2.43. The van der Waals surface area contributed by atoms with Crippen molar-refractivity contribution in [3.05, 3.63) is 29.2 Å². The van der Waals surface area contributed by atoms with Crippen molar-refractivity contribution in [2.24, 2.45) is 0 Å². The monoisotopic (exact) mass is 344 g/mol. The minimum atomic E-state index is -4.65. The molecule has 0 aliphatic rings. The summed E-state index contributed by atoms with van der Waals surface area (Å²) in [5.74, 6) is -0.757. The largest absolute Gasteiger partial charge is 0.471 e. The average Bonchev–Trinajstić information content (AvgIpc) is 3.17. The van der Waals surface area contributed by atoms with E-state index < -0.39 is 12.1 Å². The molecule has 0 bridgehead atoms. The molecule has 0 aliphatic carbocycles. The predicted octanol–water partition coefficient (Wildman–Crippen LogP) is 2.52. The van der Waals surface area contributed by atoms with E-state index in [-0.39, 0.29) is 5.82 Å². The zero-order chi connectivity index (χ0) is 16.6. The van der Waals surface area contributed by atoms with Crippen LogP contribution in [0.25, 0.3) is 10.7 Å². The Morgan fingerprint density at radius 3 is 2.74 bits per heavy atom. The highest BCUT2D eigenvalue weighted by Crippen LogP contribution is 2.32. The quantitative estimate of drug-likeness (QED) is 0.724. The van der Waals surface area contributed by atoms with Crippen LogP contribution in [0.4, 0.5) is 19.1 Å². The maximum absolute atomic E-state index is 12.5. The van der Waals surface area contributed by atoms with Crippen molar-refractivity contribution in [3.8, 4) is 10.7 Å². The highest BCUT2D eigenvalue weighted by atomic mass is 32.1. The molecule has 3 heterocycles. The zero-order valence-electron chi connectivity index (χ0n) is 12.1. The molecule has 0 saturated carbocycles. The molecule has 3 rings (SSSR count). The van der Waals surface area contributed by atoms with Crippen molar-refractivity contribution in [1.82, 2.24) is 24.9 Å². The Morgan fingerprint density at radius 2 is 2.09 bits per heavy atom. The number of hydrogen-bond donors (Lipinski definition) is 0. The van der Waals surface area contributed by atoms with Gasteiger partial charge in [-0.25, -0.2) is 4.68 Å². The Labute approximate surface area is 132 Å². The summed E-state index contributed by atoms with van der Waals surface area (Å²) in [7, 11) is 3.69. The van der Waals surface area contributed by atoms with Crippen LogP contribution in [0.2, 0.25) is 0 Å². The fourth-order valence-electron chi connectivity index (χ4n) is 1.89. The lowest BCUT2D eigenvalue weighted by atomic mass is 10.4. The Morgan fingerprint density at radius 1 is 1.30 bits per heavy atom. The highest BCUT2D eigenvalue weighted by Gasteiger charge is 2.38. The van der Waals surface area contributed by atoms with E-state index >= 15 is 0 Å². The van der Waals surface area contributed by atoms with Gasteiger partial charge in [0.05, 0.1) is 11.4 Å². The van der Waals surface area contributed by atoms with Gasteiger partial charge in [-0.1, -0.05) is 5.16 Å². The molecule has 122 valence electrons. The van der Waals surface area contributed by atoms with Crippen molar-refractivity contribution in [2.75, 3.05) is 19.0 Å². The number of rotatable bonds is 4. The molecule has 0 aromatic carbocycles. The molecule has 3 aromatic heterocycles. The minimum Gasteiger partial charge on any atom is -0.347 e. The van der Waals surface area contributed by atoms with Gasteiger partial charge < -0.3 is 9.42 Å². The van der Waals surface area contributed by atoms with Crippen molar-refractivity contribution in [2.45, 2.75) is 12.7 Å². The molecule has 0 fully saturated rings. The van der Waals surface area contributed by atoms with Crippen LogP contribution in [0, 0.1) is 0 Å². The predicted molar refractivity (Wildman–Crippen MR) is 76.1 cm³/mol. The van der Waals surface area contributed by atoms with E-state index in [4.69, 9.17) is 0 Å². The van der Waals surface area contributed by atoms with Crippen LogP contribution in [0.1, 0.15) is 10.8 Å². The number of alkyl halides is 3. The fraction of sp³-hybridized carbons (Fsp3) is 0.333. The Balaban J connectivity index is 1.81. The first kappa shape index (κ1) is 15.5. The van der Waals surface area contributed by atoms with E-state index in [0.717, 1.165) is 4.88 Å². The van der Waals surface area contributed by atoms with Crippen LogP contribution in [-0.2, 0) is 12.7 Å². The second-order valence-corrected chi connectivity index (χ2v) is 5.97. The minimum absolute atomic E-state index is 0.0833. The van der Waals surface area contributed by atoms with E-state index in [9.17, 15) is 13.2 Å². The zero-order valence-corrected chi connectivity index (χ0v) is 12.9.